The molecule has 2 aromatic rings. The predicted molar refractivity (Wildman–Crippen MR) is 80.1 cm³/mol. The summed E-state index contributed by atoms with van der Waals surface area (Å²) < 4.78 is 5.40. The Kier molecular flexibility index (Phi) is 3.95. The zero-order valence-corrected chi connectivity index (χ0v) is 11.7. The van der Waals surface area contributed by atoms with Gasteiger partial charge in [-0.3, -0.25) is 0 Å². The number of hydrogen-bond acceptors (Lipinski definition) is 3. The fourth-order valence-corrected chi connectivity index (χ4v) is 3.96. The van der Waals surface area contributed by atoms with Gasteiger partial charge < -0.3 is 10.2 Å². The molecule has 2 unspecified atom stereocenters. The van der Waals surface area contributed by atoms with Crippen molar-refractivity contribution >= 4 is 11.8 Å². The molecule has 1 heterocycles. The third-order valence-electron chi connectivity index (χ3n) is 3.77. The first-order chi connectivity index (χ1) is 9.34. The average molecular weight is 273 g/mol. The normalized spacial score (nSPS) is 22.8. The van der Waals surface area contributed by atoms with Gasteiger partial charge in [-0.25, -0.2) is 0 Å². The van der Waals surface area contributed by atoms with Crippen molar-refractivity contribution in [1.29, 1.82) is 0 Å². The number of nitrogens with two attached hydrogens (primary N) is 1. The first kappa shape index (κ1) is 12.8. The molecule has 19 heavy (non-hydrogen) atoms. The number of thioether (sulfide) groups is 1. The third-order valence-corrected chi connectivity index (χ3v) is 5.18. The minimum atomic E-state index is 0.138. The van der Waals surface area contributed by atoms with E-state index in [0.717, 1.165) is 17.9 Å². The fraction of sp³-hybridized carbons (Fsp3) is 0.375. The molecule has 2 nitrogen and oxygen atoms in total. The van der Waals surface area contributed by atoms with Crippen molar-refractivity contribution in [3.05, 3.63) is 59.5 Å². The SMILES string of the molecule is NC1c2ccccc2CCCC1SCc1ccco1. The molecule has 0 saturated carbocycles. The van der Waals surface area contributed by atoms with E-state index >= 15 is 0 Å². The first-order valence-electron chi connectivity index (χ1n) is 6.82. The molecule has 1 aliphatic carbocycles. The van der Waals surface area contributed by atoms with Gasteiger partial charge in [0.1, 0.15) is 5.76 Å². The molecule has 0 fully saturated rings. The molecule has 3 heteroatoms. The molecule has 2 N–H and O–H groups in total. The number of aryl methyl sites for hydroxylation is 1. The Bertz CT molecular complexity index is 523. The van der Waals surface area contributed by atoms with Crippen LogP contribution < -0.4 is 5.73 Å². The van der Waals surface area contributed by atoms with Gasteiger partial charge in [-0.2, -0.15) is 0 Å². The first-order valence-corrected chi connectivity index (χ1v) is 7.87. The Balaban J connectivity index is 1.72. The Labute approximate surface area is 118 Å². The van der Waals surface area contributed by atoms with Crippen LogP contribution >= 0.6 is 11.8 Å². The van der Waals surface area contributed by atoms with Crippen molar-refractivity contribution in [1.82, 2.24) is 0 Å². The van der Waals surface area contributed by atoms with Gasteiger partial charge in [-0.05, 0) is 42.5 Å². The summed E-state index contributed by atoms with van der Waals surface area (Å²) in [6.07, 6.45) is 5.29. The fourth-order valence-electron chi connectivity index (χ4n) is 2.73. The maximum absolute atomic E-state index is 6.48. The van der Waals surface area contributed by atoms with E-state index in [9.17, 15) is 0 Å². The Morgan fingerprint density at radius 1 is 1.21 bits per heavy atom. The van der Waals surface area contributed by atoms with Crippen molar-refractivity contribution in [2.24, 2.45) is 5.73 Å². The van der Waals surface area contributed by atoms with Gasteiger partial charge in [-0.1, -0.05) is 24.3 Å². The van der Waals surface area contributed by atoms with Crippen LogP contribution in [0.4, 0.5) is 0 Å². The zero-order chi connectivity index (χ0) is 13.1. The summed E-state index contributed by atoms with van der Waals surface area (Å²) in [5.41, 5.74) is 9.24. The summed E-state index contributed by atoms with van der Waals surface area (Å²) in [7, 11) is 0. The molecular formula is C16H19NOS. The monoisotopic (exact) mass is 273 g/mol. The van der Waals surface area contributed by atoms with E-state index in [2.05, 4.69) is 24.3 Å². The second kappa shape index (κ2) is 5.85. The van der Waals surface area contributed by atoms with Gasteiger partial charge in [0.05, 0.1) is 12.0 Å². The lowest BCUT2D eigenvalue weighted by molar-refractivity contribution is 0.529. The molecule has 2 atom stereocenters. The number of fused-ring (bicyclic) bond motifs is 1. The molecule has 0 radical (unpaired) electrons. The van der Waals surface area contributed by atoms with E-state index < -0.39 is 0 Å². The van der Waals surface area contributed by atoms with E-state index in [1.165, 1.54) is 24.0 Å². The molecule has 0 amide bonds. The molecule has 1 aromatic carbocycles. The molecule has 0 saturated heterocycles. The maximum Gasteiger partial charge on any atom is 0.113 e. The summed E-state index contributed by atoms with van der Waals surface area (Å²) in [5, 5.41) is 0.480. The second-order valence-electron chi connectivity index (χ2n) is 5.05. The summed E-state index contributed by atoms with van der Waals surface area (Å²) in [4.78, 5) is 0. The molecular weight excluding hydrogens is 254 g/mol. The van der Waals surface area contributed by atoms with Gasteiger partial charge in [0.2, 0.25) is 0 Å². The summed E-state index contributed by atoms with van der Waals surface area (Å²) in [5.74, 6) is 1.95. The molecule has 0 aliphatic heterocycles. The van der Waals surface area contributed by atoms with E-state index in [1.54, 1.807) is 6.26 Å². The topological polar surface area (TPSA) is 39.2 Å². The number of rotatable bonds is 3. The number of benzene rings is 1. The van der Waals surface area contributed by atoms with E-state index in [-0.39, 0.29) is 6.04 Å². The van der Waals surface area contributed by atoms with Crippen LogP contribution in [-0.2, 0) is 12.2 Å². The van der Waals surface area contributed by atoms with Crippen molar-refractivity contribution in [2.45, 2.75) is 36.3 Å². The van der Waals surface area contributed by atoms with Gasteiger partial charge >= 0.3 is 0 Å². The van der Waals surface area contributed by atoms with Crippen LogP contribution in [0.2, 0.25) is 0 Å². The van der Waals surface area contributed by atoms with Crippen LogP contribution in [0.15, 0.2) is 47.1 Å². The molecule has 100 valence electrons. The van der Waals surface area contributed by atoms with E-state index in [0.29, 0.717) is 5.25 Å². The summed E-state index contributed by atoms with van der Waals surface area (Å²) >= 11 is 1.92. The summed E-state index contributed by atoms with van der Waals surface area (Å²) in [6, 6.07) is 12.7. The lowest BCUT2D eigenvalue weighted by Crippen LogP contribution is -2.23. The van der Waals surface area contributed by atoms with Crippen molar-refractivity contribution in [2.75, 3.05) is 0 Å². The lowest BCUT2D eigenvalue weighted by atomic mass is 10.00. The maximum atomic E-state index is 6.48. The van der Waals surface area contributed by atoms with Crippen LogP contribution in [0.3, 0.4) is 0 Å². The smallest absolute Gasteiger partial charge is 0.113 e. The highest BCUT2D eigenvalue weighted by Crippen LogP contribution is 2.35. The van der Waals surface area contributed by atoms with E-state index in [1.807, 2.05) is 23.9 Å². The van der Waals surface area contributed by atoms with Crippen molar-refractivity contribution < 1.29 is 4.42 Å². The standard InChI is InChI=1S/C16H19NOS/c17-16-14-8-2-1-5-12(14)6-3-9-15(16)19-11-13-7-4-10-18-13/h1-2,4-5,7-8,10,15-16H,3,6,9,11,17H2. The quantitative estimate of drug-likeness (QED) is 0.862. The van der Waals surface area contributed by atoms with Crippen molar-refractivity contribution in [3.8, 4) is 0 Å². The van der Waals surface area contributed by atoms with Crippen LogP contribution in [0.1, 0.15) is 35.8 Å². The van der Waals surface area contributed by atoms with Crippen LogP contribution in [0.25, 0.3) is 0 Å². The van der Waals surface area contributed by atoms with Gasteiger partial charge in [0.25, 0.3) is 0 Å². The zero-order valence-electron chi connectivity index (χ0n) is 10.9. The van der Waals surface area contributed by atoms with Gasteiger partial charge in [-0.15, -0.1) is 11.8 Å². The molecule has 1 aromatic heterocycles. The Hall–Kier alpha value is -1.19. The second-order valence-corrected chi connectivity index (χ2v) is 6.27. The summed E-state index contributed by atoms with van der Waals surface area (Å²) in [6.45, 7) is 0. The predicted octanol–water partition coefficient (Wildman–Crippen LogP) is 3.92. The molecule has 0 spiro atoms. The van der Waals surface area contributed by atoms with Crippen LogP contribution in [0.5, 0.6) is 0 Å². The minimum Gasteiger partial charge on any atom is -0.468 e. The van der Waals surface area contributed by atoms with Crippen LogP contribution in [0, 0.1) is 0 Å². The van der Waals surface area contributed by atoms with Crippen LogP contribution in [-0.4, -0.2) is 5.25 Å². The number of hydrogen-bond donors (Lipinski definition) is 1. The van der Waals surface area contributed by atoms with Crippen molar-refractivity contribution in [3.63, 3.8) is 0 Å². The highest BCUT2D eigenvalue weighted by Gasteiger charge is 2.25. The molecule has 1 aliphatic rings. The molecule has 0 bridgehead atoms. The Morgan fingerprint density at radius 3 is 2.95 bits per heavy atom. The largest absolute Gasteiger partial charge is 0.468 e. The highest BCUT2D eigenvalue weighted by molar-refractivity contribution is 7.99. The van der Waals surface area contributed by atoms with Gasteiger partial charge in [0.15, 0.2) is 0 Å². The molecule has 3 rings (SSSR count). The highest BCUT2D eigenvalue weighted by atomic mass is 32.2. The van der Waals surface area contributed by atoms with E-state index in [4.69, 9.17) is 10.2 Å². The third kappa shape index (κ3) is 2.88. The average Bonchev–Trinajstić information content (AvgIpc) is 2.90. The number of furan rings is 1. The minimum absolute atomic E-state index is 0.138. The lowest BCUT2D eigenvalue weighted by Gasteiger charge is -2.22. The Morgan fingerprint density at radius 2 is 2.11 bits per heavy atom. The van der Waals surface area contributed by atoms with Gasteiger partial charge in [0, 0.05) is 11.3 Å².